The van der Waals surface area contributed by atoms with Gasteiger partial charge >= 0.3 is 0 Å². The highest BCUT2D eigenvalue weighted by molar-refractivity contribution is 6.29. The predicted molar refractivity (Wildman–Crippen MR) is 128 cm³/mol. The summed E-state index contributed by atoms with van der Waals surface area (Å²) in [7, 11) is 1.65. The SMILES string of the molecule is CN(Cc1cccnc1)C(=O)c1ccc2c3c(ccc(C=O)c13)C(=O)N(Cc1cccnc1)C2=O. The minimum atomic E-state index is -0.484. The van der Waals surface area contributed by atoms with Crippen LogP contribution < -0.4 is 0 Å². The van der Waals surface area contributed by atoms with Crippen LogP contribution in [0.3, 0.4) is 0 Å². The smallest absolute Gasteiger partial charge is 0.261 e. The first-order valence-electron chi connectivity index (χ1n) is 10.9. The van der Waals surface area contributed by atoms with Crippen LogP contribution in [0.1, 0.15) is 52.6 Å². The Kier molecular flexibility index (Phi) is 5.62. The molecule has 0 fully saturated rings. The molecule has 0 atom stereocenters. The van der Waals surface area contributed by atoms with Crippen molar-refractivity contribution in [1.82, 2.24) is 19.8 Å². The summed E-state index contributed by atoms with van der Waals surface area (Å²) in [6, 6.07) is 13.3. The summed E-state index contributed by atoms with van der Waals surface area (Å²) in [5.41, 5.74) is 2.59. The summed E-state index contributed by atoms with van der Waals surface area (Å²) >= 11 is 0. The molecule has 3 heterocycles. The maximum Gasteiger partial charge on any atom is 0.261 e. The molecule has 0 saturated carbocycles. The fourth-order valence-corrected chi connectivity index (χ4v) is 4.40. The van der Waals surface area contributed by atoms with Gasteiger partial charge in [-0.3, -0.25) is 34.0 Å². The molecule has 4 aromatic rings. The number of hydrogen-bond donors (Lipinski definition) is 0. The molecular weight excluding hydrogens is 444 g/mol. The zero-order chi connectivity index (χ0) is 24.5. The Balaban J connectivity index is 1.60. The van der Waals surface area contributed by atoms with Crippen LogP contribution in [-0.4, -0.2) is 50.8 Å². The monoisotopic (exact) mass is 464 g/mol. The average Bonchev–Trinajstić information content (AvgIpc) is 2.89. The van der Waals surface area contributed by atoms with Gasteiger partial charge in [0.25, 0.3) is 17.7 Å². The molecule has 2 aromatic heterocycles. The number of hydrogen-bond acceptors (Lipinski definition) is 6. The molecule has 0 spiro atoms. The number of carbonyl (C=O) groups is 4. The van der Waals surface area contributed by atoms with E-state index < -0.39 is 11.8 Å². The first-order chi connectivity index (χ1) is 17.0. The van der Waals surface area contributed by atoms with Crippen molar-refractivity contribution in [3.8, 4) is 0 Å². The van der Waals surface area contributed by atoms with E-state index in [0.717, 1.165) is 10.5 Å². The number of aromatic nitrogens is 2. The summed E-state index contributed by atoms with van der Waals surface area (Å²) in [6.45, 7) is 0.374. The third-order valence-electron chi connectivity index (χ3n) is 6.05. The largest absolute Gasteiger partial charge is 0.337 e. The fraction of sp³-hybridized carbons (Fsp3) is 0.111. The molecule has 35 heavy (non-hydrogen) atoms. The van der Waals surface area contributed by atoms with Crippen LogP contribution in [0.25, 0.3) is 10.8 Å². The van der Waals surface area contributed by atoms with Gasteiger partial charge in [-0.15, -0.1) is 0 Å². The number of rotatable bonds is 6. The molecule has 0 N–H and O–H groups in total. The van der Waals surface area contributed by atoms with E-state index in [1.165, 1.54) is 17.0 Å². The van der Waals surface area contributed by atoms with E-state index in [9.17, 15) is 19.2 Å². The van der Waals surface area contributed by atoms with E-state index in [1.807, 2.05) is 6.07 Å². The summed E-state index contributed by atoms with van der Waals surface area (Å²) in [5, 5.41) is 0.633. The molecule has 0 saturated heterocycles. The van der Waals surface area contributed by atoms with Gasteiger partial charge in [-0.05, 0) is 41.5 Å². The number of benzene rings is 2. The standard InChI is InChI=1S/C27H20N4O4/c1-30(14-17-4-2-10-28-12-17)25(33)20-8-9-22-24-21(7-6-19(16-32)23(20)24)26(34)31(27(22)35)15-18-5-3-11-29-13-18/h2-13,16H,14-15H2,1H3. The molecule has 0 radical (unpaired) electrons. The summed E-state index contributed by atoms with van der Waals surface area (Å²) in [6.07, 6.45) is 7.18. The molecule has 1 aliphatic heterocycles. The highest BCUT2D eigenvalue weighted by Gasteiger charge is 2.35. The molecule has 3 amide bonds. The Labute approximate surface area is 200 Å². The van der Waals surface area contributed by atoms with Crippen LogP contribution in [0, 0.1) is 0 Å². The Hall–Kier alpha value is -4.72. The molecular formula is C27H20N4O4. The van der Waals surface area contributed by atoms with Gasteiger partial charge in [0.05, 0.1) is 6.54 Å². The lowest BCUT2D eigenvalue weighted by Gasteiger charge is -2.28. The second-order valence-electron chi connectivity index (χ2n) is 8.31. The Morgan fingerprint density at radius 1 is 0.886 bits per heavy atom. The molecule has 0 unspecified atom stereocenters. The quantitative estimate of drug-likeness (QED) is 0.320. The lowest BCUT2D eigenvalue weighted by atomic mass is 9.88. The van der Waals surface area contributed by atoms with E-state index in [2.05, 4.69) is 9.97 Å². The molecule has 8 heteroatoms. The third kappa shape index (κ3) is 3.85. The predicted octanol–water partition coefficient (Wildman–Crippen LogP) is 3.51. The molecule has 172 valence electrons. The molecule has 5 rings (SSSR count). The van der Waals surface area contributed by atoms with Crippen LogP contribution >= 0.6 is 0 Å². The number of carbonyl (C=O) groups excluding carboxylic acids is 4. The summed E-state index contributed by atoms with van der Waals surface area (Å²) < 4.78 is 0. The van der Waals surface area contributed by atoms with Crippen LogP contribution in [0.2, 0.25) is 0 Å². The maximum atomic E-state index is 13.4. The Morgan fingerprint density at radius 2 is 1.51 bits per heavy atom. The number of amides is 3. The van der Waals surface area contributed by atoms with Crippen molar-refractivity contribution >= 4 is 34.8 Å². The lowest BCUT2D eigenvalue weighted by Crippen LogP contribution is -2.40. The highest BCUT2D eigenvalue weighted by Crippen LogP contribution is 2.35. The second kappa shape index (κ2) is 8.90. The van der Waals surface area contributed by atoms with Gasteiger partial charge in [0.1, 0.15) is 0 Å². The fourth-order valence-electron chi connectivity index (χ4n) is 4.40. The minimum Gasteiger partial charge on any atom is -0.337 e. The normalized spacial score (nSPS) is 12.7. The maximum absolute atomic E-state index is 13.4. The number of aldehydes is 1. The van der Waals surface area contributed by atoms with Crippen molar-refractivity contribution in [3.05, 3.63) is 107 Å². The van der Waals surface area contributed by atoms with Crippen molar-refractivity contribution in [3.63, 3.8) is 0 Å². The molecule has 0 aliphatic carbocycles. The van der Waals surface area contributed by atoms with E-state index in [0.29, 0.717) is 29.2 Å². The topological polar surface area (TPSA) is 101 Å². The van der Waals surface area contributed by atoms with E-state index >= 15 is 0 Å². The molecule has 8 nitrogen and oxygen atoms in total. The average molecular weight is 464 g/mol. The van der Waals surface area contributed by atoms with Crippen molar-refractivity contribution < 1.29 is 19.2 Å². The van der Waals surface area contributed by atoms with Crippen LogP contribution in [-0.2, 0) is 13.1 Å². The van der Waals surface area contributed by atoms with Gasteiger partial charge in [-0.25, -0.2) is 0 Å². The number of pyridine rings is 2. The first kappa shape index (κ1) is 22.1. The van der Waals surface area contributed by atoms with Gasteiger partial charge < -0.3 is 4.90 Å². The third-order valence-corrected chi connectivity index (χ3v) is 6.05. The van der Waals surface area contributed by atoms with Gasteiger partial charge in [0.15, 0.2) is 6.29 Å². The number of imide groups is 1. The van der Waals surface area contributed by atoms with Crippen molar-refractivity contribution in [1.29, 1.82) is 0 Å². The lowest BCUT2D eigenvalue weighted by molar-refractivity contribution is 0.0596. The van der Waals surface area contributed by atoms with Crippen LogP contribution in [0.4, 0.5) is 0 Å². The van der Waals surface area contributed by atoms with E-state index in [-0.39, 0.29) is 34.7 Å². The highest BCUT2D eigenvalue weighted by atomic mass is 16.2. The van der Waals surface area contributed by atoms with Gasteiger partial charge in [-0.2, -0.15) is 0 Å². The summed E-state index contributed by atoms with van der Waals surface area (Å²) in [4.78, 5) is 62.9. The zero-order valence-corrected chi connectivity index (χ0v) is 18.8. The molecule has 2 aromatic carbocycles. The Morgan fingerprint density at radius 3 is 2.11 bits per heavy atom. The van der Waals surface area contributed by atoms with Crippen molar-refractivity contribution in [2.75, 3.05) is 7.05 Å². The van der Waals surface area contributed by atoms with Crippen LogP contribution in [0.15, 0.2) is 73.3 Å². The van der Waals surface area contributed by atoms with E-state index in [1.54, 1.807) is 62.2 Å². The van der Waals surface area contributed by atoms with Gasteiger partial charge in [0.2, 0.25) is 0 Å². The van der Waals surface area contributed by atoms with Gasteiger partial charge in [0, 0.05) is 71.4 Å². The molecule has 0 bridgehead atoms. The van der Waals surface area contributed by atoms with Gasteiger partial charge in [-0.1, -0.05) is 18.2 Å². The second-order valence-corrected chi connectivity index (χ2v) is 8.31. The zero-order valence-electron chi connectivity index (χ0n) is 18.8. The minimum absolute atomic E-state index is 0.0659. The first-order valence-corrected chi connectivity index (χ1v) is 10.9. The number of nitrogens with zero attached hydrogens (tertiary/aromatic N) is 4. The van der Waals surface area contributed by atoms with Crippen molar-refractivity contribution in [2.45, 2.75) is 13.1 Å². The van der Waals surface area contributed by atoms with Crippen molar-refractivity contribution in [2.24, 2.45) is 0 Å². The summed E-state index contributed by atoms with van der Waals surface area (Å²) in [5.74, 6) is -1.30. The van der Waals surface area contributed by atoms with E-state index in [4.69, 9.17) is 0 Å². The van der Waals surface area contributed by atoms with Crippen LogP contribution in [0.5, 0.6) is 0 Å². The Bertz CT molecular complexity index is 1460. The molecule has 1 aliphatic rings.